The summed E-state index contributed by atoms with van der Waals surface area (Å²) in [6.45, 7) is 4.69. The summed E-state index contributed by atoms with van der Waals surface area (Å²) in [5, 5.41) is 3.65. The van der Waals surface area contributed by atoms with Crippen LogP contribution < -0.4 is 14.4 Å². The Morgan fingerprint density at radius 1 is 1.32 bits per heavy atom. The molecule has 1 N–H and O–H groups in total. The molecule has 9 heteroatoms. The van der Waals surface area contributed by atoms with Crippen LogP contribution in [0.4, 0.5) is 5.69 Å². The highest BCUT2D eigenvalue weighted by molar-refractivity contribution is 7.89. The van der Waals surface area contributed by atoms with Crippen molar-refractivity contribution in [1.29, 1.82) is 0 Å². The van der Waals surface area contributed by atoms with Crippen LogP contribution in [0.3, 0.4) is 0 Å². The maximum absolute atomic E-state index is 12.4. The average molecular weight is 367 g/mol. The van der Waals surface area contributed by atoms with E-state index in [2.05, 4.69) is 9.88 Å². The van der Waals surface area contributed by atoms with Crippen molar-refractivity contribution in [2.45, 2.75) is 25.7 Å². The van der Waals surface area contributed by atoms with Gasteiger partial charge in [-0.3, -0.25) is 4.79 Å². The van der Waals surface area contributed by atoms with Crippen molar-refractivity contribution in [2.24, 2.45) is 0 Å². The topological polar surface area (TPSA) is 102 Å². The Morgan fingerprint density at radius 2 is 2.00 bits per heavy atom. The molecule has 1 heterocycles. The van der Waals surface area contributed by atoms with E-state index in [-0.39, 0.29) is 35.3 Å². The number of amides is 1. The summed E-state index contributed by atoms with van der Waals surface area (Å²) >= 11 is 0. The van der Waals surface area contributed by atoms with Crippen LogP contribution in [0, 0.1) is 13.8 Å². The number of aryl methyl sites for hydroxylation is 2. The minimum absolute atomic E-state index is 0.0270. The summed E-state index contributed by atoms with van der Waals surface area (Å²) in [4.78, 5) is 13.5. The largest absolute Gasteiger partial charge is 0.495 e. The minimum Gasteiger partial charge on any atom is -0.495 e. The molecule has 0 aliphatic rings. The minimum atomic E-state index is -3.77. The monoisotopic (exact) mass is 367 g/mol. The molecule has 0 atom stereocenters. The number of carbonyl (C=O) groups is 1. The van der Waals surface area contributed by atoms with Crippen LogP contribution in [0.15, 0.2) is 33.7 Å². The van der Waals surface area contributed by atoms with E-state index >= 15 is 0 Å². The van der Waals surface area contributed by atoms with Gasteiger partial charge in [0.25, 0.3) is 0 Å². The van der Waals surface area contributed by atoms with Crippen LogP contribution in [0.1, 0.15) is 18.4 Å². The van der Waals surface area contributed by atoms with Crippen LogP contribution in [-0.2, 0) is 14.8 Å². The van der Waals surface area contributed by atoms with Gasteiger partial charge in [0.2, 0.25) is 15.9 Å². The Morgan fingerprint density at radius 3 is 2.56 bits per heavy atom. The van der Waals surface area contributed by atoms with Gasteiger partial charge in [-0.25, -0.2) is 13.1 Å². The van der Waals surface area contributed by atoms with Gasteiger partial charge in [0, 0.05) is 20.0 Å². The molecule has 1 amide bonds. The van der Waals surface area contributed by atoms with Crippen molar-refractivity contribution < 1.29 is 22.5 Å². The summed E-state index contributed by atoms with van der Waals surface area (Å²) in [6.07, 6.45) is 0. The van der Waals surface area contributed by atoms with E-state index in [0.29, 0.717) is 11.4 Å². The molecule has 0 radical (unpaired) electrons. The van der Waals surface area contributed by atoms with Gasteiger partial charge < -0.3 is 14.2 Å². The Bertz CT molecular complexity index is 841. The number of carbonyl (C=O) groups excluding carboxylic acids is 1. The second-order valence-electron chi connectivity index (χ2n) is 5.39. The molecule has 2 aromatic rings. The number of rotatable bonds is 7. The van der Waals surface area contributed by atoms with E-state index in [0.717, 1.165) is 0 Å². The van der Waals surface area contributed by atoms with Gasteiger partial charge in [0.1, 0.15) is 16.3 Å². The highest BCUT2D eigenvalue weighted by atomic mass is 32.2. The van der Waals surface area contributed by atoms with Gasteiger partial charge in [0.15, 0.2) is 5.76 Å². The Hall–Kier alpha value is -2.39. The molecule has 8 nitrogen and oxygen atoms in total. The van der Waals surface area contributed by atoms with Crippen LogP contribution in [0.2, 0.25) is 0 Å². The number of hydrogen-bond donors (Lipinski definition) is 1. The van der Waals surface area contributed by atoms with Crippen LogP contribution in [0.25, 0.3) is 0 Å². The molecule has 136 valence electrons. The number of nitrogens with zero attached hydrogens (tertiary/aromatic N) is 2. The van der Waals surface area contributed by atoms with Gasteiger partial charge in [-0.2, -0.15) is 0 Å². The molecule has 1 aromatic heterocycles. The molecule has 0 spiro atoms. The van der Waals surface area contributed by atoms with E-state index in [1.165, 1.54) is 25.9 Å². The first kappa shape index (κ1) is 18.9. The van der Waals surface area contributed by atoms with Crippen molar-refractivity contribution >= 4 is 21.6 Å². The Labute approximate surface area is 146 Å². The third-order valence-corrected chi connectivity index (χ3v) is 5.32. The van der Waals surface area contributed by atoms with Crippen LogP contribution in [-0.4, -0.2) is 39.7 Å². The fourth-order valence-corrected chi connectivity index (χ4v) is 3.87. The van der Waals surface area contributed by atoms with Gasteiger partial charge in [-0.05, 0) is 26.0 Å². The van der Waals surface area contributed by atoms with Crippen LogP contribution >= 0.6 is 0 Å². The molecule has 1 aromatic carbocycles. The molecular weight excluding hydrogens is 346 g/mol. The van der Waals surface area contributed by atoms with Crippen molar-refractivity contribution in [3.05, 3.63) is 35.7 Å². The zero-order chi connectivity index (χ0) is 18.6. The first-order valence-electron chi connectivity index (χ1n) is 7.61. The third-order valence-electron chi connectivity index (χ3n) is 3.62. The number of hydrogen-bond acceptors (Lipinski definition) is 6. The highest BCUT2D eigenvalue weighted by Crippen LogP contribution is 2.27. The van der Waals surface area contributed by atoms with E-state index in [9.17, 15) is 13.2 Å². The SMILES string of the molecule is COc1ccccc1N(CCNS(=O)(=O)c1c(C)noc1C)C(C)=O. The molecule has 25 heavy (non-hydrogen) atoms. The molecule has 0 bridgehead atoms. The van der Waals surface area contributed by atoms with Crippen molar-refractivity contribution in [1.82, 2.24) is 9.88 Å². The van der Waals surface area contributed by atoms with E-state index in [4.69, 9.17) is 9.26 Å². The lowest BCUT2D eigenvalue weighted by atomic mass is 10.2. The zero-order valence-electron chi connectivity index (χ0n) is 14.6. The number of ether oxygens (including phenoxy) is 1. The number of para-hydroxylation sites is 2. The zero-order valence-corrected chi connectivity index (χ0v) is 15.4. The summed E-state index contributed by atoms with van der Waals surface area (Å²) < 4.78 is 37.4. The first-order chi connectivity index (χ1) is 11.8. The van der Waals surface area contributed by atoms with E-state index in [1.54, 1.807) is 31.2 Å². The molecular formula is C16H21N3O5S. The number of aromatic nitrogens is 1. The molecule has 0 saturated heterocycles. The Balaban J connectivity index is 2.14. The van der Waals surface area contributed by atoms with Gasteiger partial charge in [-0.15, -0.1) is 0 Å². The summed E-state index contributed by atoms with van der Waals surface area (Å²) in [6, 6.07) is 7.05. The van der Waals surface area contributed by atoms with Gasteiger partial charge >= 0.3 is 0 Å². The molecule has 0 unspecified atom stereocenters. The third kappa shape index (κ3) is 4.18. The maximum atomic E-state index is 12.4. The van der Waals surface area contributed by atoms with E-state index < -0.39 is 10.0 Å². The van der Waals surface area contributed by atoms with Crippen molar-refractivity contribution in [2.75, 3.05) is 25.1 Å². The normalized spacial score (nSPS) is 11.4. The number of sulfonamides is 1. The summed E-state index contributed by atoms with van der Waals surface area (Å²) in [7, 11) is -2.26. The number of anilines is 1. The lowest BCUT2D eigenvalue weighted by Gasteiger charge is -2.23. The van der Waals surface area contributed by atoms with Gasteiger partial charge in [-0.1, -0.05) is 17.3 Å². The van der Waals surface area contributed by atoms with E-state index in [1.807, 2.05) is 0 Å². The lowest BCUT2D eigenvalue weighted by molar-refractivity contribution is -0.116. The lowest BCUT2D eigenvalue weighted by Crippen LogP contribution is -2.38. The molecule has 0 fully saturated rings. The van der Waals surface area contributed by atoms with Gasteiger partial charge in [0.05, 0.1) is 12.8 Å². The van der Waals surface area contributed by atoms with Crippen LogP contribution in [0.5, 0.6) is 5.75 Å². The van der Waals surface area contributed by atoms with Crippen molar-refractivity contribution in [3.8, 4) is 5.75 Å². The second kappa shape index (κ2) is 7.66. The quantitative estimate of drug-likeness (QED) is 0.798. The average Bonchev–Trinajstić information content (AvgIpc) is 2.90. The number of methoxy groups -OCH3 is 1. The number of benzene rings is 1. The smallest absolute Gasteiger partial charge is 0.246 e. The molecule has 2 rings (SSSR count). The molecule has 0 aliphatic carbocycles. The fraction of sp³-hybridized carbons (Fsp3) is 0.375. The summed E-state index contributed by atoms with van der Waals surface area (Å²) in [5.41, 5.74) is 0.868. The highest BCUT2D eigenvalue weighted by Gasteiger charge is 2.24. The first-order valence-corrected chi connectivity index (χ1v) is 9.10. The van der Waals surface area contributed by atoms with Crippen molar-refractivity contribution in [3.63, 3.8) is 0 Å². The predicted octanol–water partition coefficient (Wildman–Crippen LogP) is 1.63. The summed E-state index contributed by atoms with van der Waals surface area (Å²) in [5.74, 6) is 0.533. The predicted molar refractivity (Wildman–Crippen MR) is 92.2 cm³/mol. The fourth-order valence-electron chi connectivity index (χ4n) is 2.52. The second-order valence-corrected chi connectivity index (χ2v) is 7.10. The molecule has 0 saturated carbocycles. The standard InChI is InChI=1S/C16H21N3O5S/c1-11-16(12(2)24-18-11)25(21,22)17-9-10-19(13(3)20)14-7-5-6-8-15(14)23-4/h5-8,17H,9-10H2,1-4H3. The molecule has 0 aliphatic heterocycles. The number of nitrogens with one attached hydrogen (secondary N) is 1. The Kier molecular flexibility index (Phi) is 5.81. The maximum Gasteiger partial charge on any atom is 0.246 e.